The lowest BCUT2D eigenvalue weighted by atomic mass is 10.3. The quantitative estimate of drug-likeness (QED) is 0.411. The summed E-state index contributed by atoms with van der Waals surface area (Å²) in [4.78, 5) is 0. The van der Waals surface area contributed by atoms with Crippen molar-refractivity contribution in [3.63, 3.8) is 0 Å². The molecule has 0 bridgehead atoms. The molecule has 0 nitrogen and oxygen atoms in total. The molecule has 0 amide bonds. The fraction of sp³-hybridized carbons (Fsp3) is 0.400. The number of allylic oxidation sites excluding steroid dienone is 6. The molecular weight excluding hydrogens is 120 g/mol. The summed E-state index contributed by atoms with van der Waals surface area (Å²) in [7, 11) is 0. The third kappa shape index (κ3) is 7.22. The van der Waals surface area contributed by atoms with E-state index in [9.17, 15) is 0 Å². The zero-order chi connectivity index (χ0) is 7.82. The molecule has 0 spiro atoms. The van der Waals surface area contributed by atoms with Crippen molar-refractivity contribution in [2.75, 3.05) is 0 Å². The van der Waals surface area contributed by atoms with Crippen molar-refractivity contribution in [1.29, 1.82) is 0 Å². The highest BCUT2D eigenvalue weighted by molar-refractivity contribution is 5.09. The number of hydrogen-bond acceptors (Lipinski definition) is 0. The summed E-state index contributed by atoms with van der Waals surface area (Å²) in [6.45, 7) is 6.23. The van der Waals surface area contributed by atoms with E-state index in [0.717, 1.165) is 6.42 Å². The Balaban J connectivity index is 3.47. The summed E-state index contributed by atoms with van der Waals surface area (Å²) in [6.07, 6.45) is 11.6. The van der Waals surface area contributed by atoms with Gasteiger partial charge in [-0.15, -0.1) is 0 Å². The van der Waals surface area contributed by atoms with Crippen molar-refractivity contribution in [2.45, 2.75) is 27.2 Å². The molecule has 0 fully saturated rings. The SMILES string of the molecule is CC=CCC=CC=C(C)C. The van der Waals surface area contributed by atoms with E-state index in [1.54, 1.807) is 0 Å². The van der Waals surface area contributed by atoms with Crippen LogP contribution in [0.4, 0.5) is 0 Å². The molecular formula is C10H16. The first-order chi connectivity index (χ1) is 4.77. The van der Waals surface area contributed by atoms with Crippen LogP contribution < -0.4 is 0 Å². The van der Waals surface area contributed by atoms with Crippen molar-refractivity contribution in [2.24, 2.45) is 0 Å². The van der Waals surface area contributed by atoms with Gasteiger partial charge >= 0.3 is 0 Å². The second-order valence-electron chi connectivity index (χ2n) is 2.48. The molecule has 0 radical (unpaired) electrons. The summed E-state index contributed by atoms with van der Waals surface area (Å²) in [6, 6.07) is 0. The normalized spacial score (nSPS) is 11.1. The molecule has 0 aliphatic carbocycles. The molecule has 0 rings (SSSR count). The van der Waals surface area contributed by atoms with Gasteiger partial charge in [-0.3, -0.25) is 0 Å². The predicted octanol–water partition coefficient (Wildman–Crippen LogP) is 3.48. The highest BCUT2D eigenvalue weighted by Crippen LogP contribution is 1.91. The predicted molar refractivity (Wildman–Crippen MR) is 48.0 cm³/mol. The van der Waals surface area contributed by atoms with Crippen molar-refractivity contribution in [1.82, 2.24) is 0 Å². The zero-order valence-electron chi connectivity index (χ0n) is 7.09. The van der Waals surface area contributed by atoms with Crippen molar-refractivity contribution in [3.05, 3.63) is 36.0 Å². The van der Waals surface area contributed by atoms with E-state index in [2.05, 4.69) is 44.2 Å². The Labute approximate surface area is 64.0 Å². The maximum Gasteiger partial charge on any atom is -0.0166 e. The van der Waals surface area contributed by atoms with Crippen molar-refractivity contribution >= 4 is 0 Å². The summed E-state index contributed by atoms with van der Waals surface area (Å²) >= 11 is 0. The van der Waals surface area contributed by atoms with Gasteiger partial charge in [0, 0.05) is 0 Å². The molecule has 0 saturated heterocycles. The van der Waals surface area contributed by atoms with Gasteiger partial charge in [-0.1, -0.05) is 36.0 Å². The molecule has 0 aromatic rings. The summed E-state index contributed by atoms with van der Waals surface area (Å²) in [5.74, 6) is 0. The van der Waals surface area contributed by atoms with Crippen LogP contribution in [0.25, 0.3) is 0 Å². The van der Waals surface area contributed by atoms with E-state index >= 15 is 0 Å². The average molecular weight is 136 g/mol. The van der Waals surface area contributed by atoms with Crippen LogP contribution in [0.2, 0.25) is 0 Å². The summed E-state index contributed by atoms with van der Waals surface area (Å²) < 4.78 is 0. The zero-order valence-corrected chi connectivity index (χ0v) is 7.09. The molecule has 0 aromatic carbocycles. The van der Waals surface area contributed by atoms with Crippen LogP contribution in [0.1, 0.15) is 27.2 Å². The summed E-state index contributed by atoms with van der Waals surface area (Å²) in [5, 5.41) is 0. The average Bonchev–Trinajstić information content (AvgIpc) is 1.87. The van der Waals surface area contributed by atoms with E-state index < -0.39 is 0 Å². The lowest BCUT2D eigenvalue weighted by Gasteiger charge is -1.81. The van der Waals surface area contributed by atoms with E-state index in [-0.39, 0.29) is 0 Å². The smallest absolute Gasteiger partial charge is 0.0166 e. The fourth-order valence-corrected chi connectivity index (χ4v) is 0.554. The van der Waals surface area contributed by atoms with Gasteiger partial charge in [0.05, 0.1) is 0 Å². The molecule has 0 unspecified atom stereocenters. The Hall–Kier alpha value is -0.780. The molecule has 0 heteroatoms. The van der Waals surface area contributed by atoms with Gasteiger partial charge in [0.25, 0.3) is 0 Å². The molecule has 0 aliphatic heterocycles. The molecule has 0 saturated carbocycles. The number of hydrogen-bond donors (Lipinski definition) is 0. The molecule has 0 atom stereocenters. The minimum atomic E-state index is 1.04. The third-order valence-corrected chi connectivity index (χ3v) is 1.07. The van der Waals surface area contributed by atoms with Crippen molar-refractivity contribution in [3.8, 4) is 0 Å². The first-order valence-electron chi connectivity index (χ1n) is 3.68. The lowest BCUT2D eigenvalue weighted by molar-refractivity contribution is 1.36. The summed E-state index contributed by atoms with van der Waals surface area (Å²) in [5.41, 5.74) is 1.34. The van der Waals surface area contributed by atoms with Crippen LogP contribution in [0.3, 0.4) is 0 Å². The van der Waals surface area contributed by atoms with Gasteiger partial charge in [0.2, 0.25) is 0 Å². The molecule has 0 aromatic heterocycles. The van der Waals surface area contributed by atoms with E-state index in [1.165, 1.54) is 5.57 Å². The van der Waals surface area contributed by atoms with Gasteiger partial charge in [-0.25, -0.2) is 0 Å². The monoisotopic (exact) mass is 136 g/mol. The van der Waals surface area contributed by atoms with Gasteiger partial charge in [0.15, 0.2) is 0 Å². The lowest BCUT2D eigenvalue weighted by Crippen LogP contribution is -1.60. The highest BCUT2D eigenvalue weighted by Gasteiger charge is 1.69. The van der Waals surface area contributed by atoms with Crippen LogP contribution in [0.5, 0.6) is 0 Å². The Morgan fingerprint density at radius 2 is 1.90 bits per heavy atom. The Kier molecular flexibility index (Phi) is 5.85. The molecule has 0 heterocycles. The van der Waals surface area contributed by atoms with Gasteiger partial charge < -0.3 is 0 Å². The Morgan fingerprint density at radius 3 is 2.40 bits per heavy atom. The second-order valence-corrected chi connectivity index (χ2v) is 2.48. The minimum absolute atomic E-state index is 1.04. The van der Waals surface area contributed by atoms with E-state index in [4.69, 9.17) is 0 Å². The van der Waals surface area contributed by atoms with Gasteiger partial charge in [0.1, 0.15) is 0 Å². The molecule has 0 aliphatic rings. The van der Waals surface area contributed by atoms with Crippen LogP contribution >= 0.6 is 0 Å². The van der Waals surface area contributed by atoms with E-state index in [1.807, 2.05) is 6.92 Å². The first-order valence-corrected chi connectivity index (χ1v) is 3.68. The molecule has 0 N–H and O–H groups in total. The standard InChI is InChI=1S/C10H16/c1-4-5-6-7-8-9-10(2)3/h4-5,7-9H,6H2,1-3H3. The van der Waals surface area contributed by atoms with Crippen molar-refractivity contribution < 1.29 is 0 Å². The maximum absolute atomic E-state index is 2.15. The van der Waals surface area contributed by atoms with Crippen LogP contribution in [-0.2, 0) is 0 Å². The highest BCUT2D eigenvalue weighted by atomic mass is 13.8. The van der Waals surface area contributed by atoms with Crippen LogP contribution in [0.15, 0.2) is 36.0 Å². The first kappa shape index (κ1) is 9.22. The molecule has 56 valence electrons. The fourth-order valence-electron chi connectivity index (χ4n) is 0.554. The van der Waals surface area contributed by atoms with Crippen LogP contribution in [0, 0.1) is 0 Å². The third-order valence-electron chi connectivity index (χ3n) is 1.07. The topological polar surface area (TPSA) is 0 Å². The van der Waals surface area contributed by atoms with E-state index in [0.29, 0.717) is 0 Å². The Morgan fingerprint density at radius 1 is 1.20 bits per heavy atom. The largest absolute Gasteiger partial charge is 0.0914 e. The second kappa shape index (κ2) is 6.34. The maximum atomic E-state index is 2.15. The minimum Gasteiger partial charge on any atom is -0.0914 e. The van der Waals surface area contributed by atoms with Crippen LogP contribution in [-0.4, -0.2) is 0 Å². The van der Waals surface area contributed by atoms with Gasteiger partial charge in [-0.05, 0) is 27.2 Å². The number of rotatable bonds is 3. The molecule has 10 heavy (non-hydrogen) atoms. The van der Waals surface area contributed by atoms with Gasteiger partial charge in [-0.2, -0.15) is 0 Å². The Bertz CT molecular complexity index is 143.